The number of hydrogen-bond acceptors (Lipinski definition) is 4. The monoisotopic (exact) mass is 284 g/mol. The molecule has 2 unspecified atom stereocenters. The summed E-state index contributed by atoms with van der Waals surface area (Å²) >= 11 is 0. The van der Waals surface area contributed by atoms with E-state index in [1.807, 2.05) is 35.2 Å². The third kappa shape index (κ3) is 2.31. The summed E-state index contributed by atoms with van der Waals surface area (Å²) in [6, 6.07) is 9.82. The van der Waals surface area contributed by atoms with Gasteiger partial charge in [0.25, 0.3) is 5.91 Å². The Labute approximate surface area is 122 Å². The Kier molecular flexibility index (Phi) is 2.96. The number of ether oxygens (including phenoxy) is 1. The Hall–Kier alpha value is -2.21. The van der Waals surface area contributed by atoms with E-state index >= 15 is 0 Å². The van der Waals surface area contributed by atoms with Gasteiger partial charge in [0.1, 0.15) is 5.82 Å². The maximum atomic E-state index is 12.2. The lowest BCUT2D eigenvalue weighted by molar-refractivity contribution is -0.133. The maximum absolute atomic E-state index is 12.2. The molecule has 2 atom stereocenters. The number of epoxide rings is 1. The Morgan fingerprint density at radius 3 is 2.90 bits per heavy atom. The van der Waals surface area contributed by atoms with Gasteiger partial charge in [-0.25, -0.2) is 4.98 Å². The molecule has 1 N–H and O–H groups in total. The van der Waals surface area contributed by atoms with E-state index in [0.717, 1.165) is 30.8 Å². The van der Waals surface area contributed by atoms with Crippen LogP contribution in [-0.4, -0.2) is 45.2 Å². The molecule has 1 aromatic carbocycles. The second kappa shape index (κ2) is 4.96. The number of benzene rings is 1. The van der Waals surface area contributed by atoms with Crippen LogP contribution in [0.2, 0.25) is 0 Å². The maximum Gasteiger partial charge on any atom is 0.254 e. The van der Waals surface area contributed by atoms with Crippen molar-refractivity contribution in [1.29, 1.82) is 0 Å². The first-order valence-electron chi connectivity index (χ1n) is 7.23. The summed E-state index contributed by atoms with van der Waals surface area (Å²) in [7, 11) is 0. The van der Waals surface area contributed by atoms with Gasteiger partial charge in [0.2, 0.25) is 0 Å². The zero-order valence-corrected chi connectivity index (χ0v) is 11.5. The Balaban J connectivity index is 1.58. The Bertz CT molecular complexity index is 651. The third-order valence-corrected chi connectivity index (χ3v) is 3.99. The topological polar surface area (TPSA) is 74.4 Å². The van der Waals surface area contributed by atoms with E-state index in [0.29, 0.717) is 12.4 Å². The molecular weight excluding hydrogens is 268 g/mol. The molecule has 6 nitrogen and oxygen atoms in total. The van der Waals surface area contributed by atoms with Gasteiger partial charge in [-0.1, -0.05) is 30.3 Å². The van der Waals surface area contributed by atoms with Gasteiger partial charge in [0.05, 0.1) is 12.6 Å². The molecule has 0 spiro atoms. The van der Waals surface area contributed by atoms with E-state index in [1.165, 1.54) is 0 Å². The van der Waals surface area contributed by atoms with Crippen molar-refractivity contribution in [3.05, 3.63) is 36.2 Å². The number of likely N-dealkylation sites (tertiary alicyclic amines) is 1. The van der Waals surface area contributed by atoms with Gasteiger partial charge in [0, 0.05) is 12.1 Å². The van der Waals surface area contributed by atoms with Crippen molar-refractivity contribution in [1.82, 2.24) is 20.1 Å². The molecule has 21 heavy (non-hydrogen) atoms. The highest BCUT2D eigenvalue weighted by Crippen LogP contribution is 2.32. The number of carbonyl (C=O) groups excluding carboxylic acids is 1. The number of aromatic nitrogens is 3. The minimum Gasteiger partial charge on any atom is -0.363 e. The molecule has 108 valence electrons. The number of hydrogen-bond donors (Lipinski definition) is 1. The summed E-state index contributed by atoms with van der Waals surface area (Å²) in [6.45, 7) is 1.32. The van der Waals surface area contributed by atoms with Crippen molar-refractivity contribution < 1.29 is 9.53 Å². The molecule has 6 heteroatoms. The lowest BCUT2D eigenvalue weighted by Crippen LogP contribution is -2.34. The van der Waals surface area contributed by atoms with Crippen molar-refractivity contribution in [2.45, 2.75) is 25.0 Å². The zero-order valence-electron chi connectivity index (χ0n) is 11.5. The molecule has 0 saturated carbocycles. The molecule has 0 radical (unpaired) electrons. The quantitative estimate of drug-likeness (QED) is 0.867. The number of rotatable bonds is 3. The zero-order chi connectivity index (χ0) is 14.2. The molecule has 3 heterocycles. The molecule has 1 aromatic heterocycles. The average molecular weight is 284 g/mol. The summed E-state index contributed by atoms with van der Waals surface area (Å²) in [5.74, 6) is 1.52. The minimum absolute atomic E-state index is 0.00772. The summed E-state index contributed by atoms with van der Waals surface area (Å²) in [5, 5.41) is 7.27. The molecule has 2 aliphatic heterocycles. The average Bonchev–Trinajstić information content (AvgIpc) is 3.07. The predicted molar refractivity (Wildman–Crippen MR) is 75.2 cm³/mol. The van der Waals surface area contributed by atoms with Crippen molar-refractivity contribution in [2.24, 2.45) is 0 Å². The van der Waals surface area contributed by atoms with Crippen LogP contribution in [0.4, 0.5) is 0 Å². The molecule has 0 aliphatic carbocycles. The fourth-order valence-corrected chi connectivity index (χ4v) is 2.83. The smallest absolute Gasteiger partial charge is 0.254 e. The normalized spacial score (nSPS) is 24.3. The highest BCUT2D eigenvalue weighted by molar-refractivity contribution is 5.83. The first-order chi connectivity index (χ1) is 10.3. The van der Waals surface area contributed by atoms with Crippen LogP contribution < -0.4 is 0 Å². The van der Waals surface area contributed by atoms with Crippen LogP contribution in [0.15, 0.2) is 30.3 Å². The highest BCUT2D eigenvalue weighted by atomic mass is 16.6. The number of carbonyl (C=O) groups is 1. The van der Waals surface area contributed by atoms with Crippen LogP contribution in [0.1, 0.15) is 24.7 Å². The second-order valence-corrected chi connectivity index (χ2v) is 5.42. The van der Waals surface area contributed by atoms with Gasteiger partial charge in [-0.05, 0) is 12.8 Å². The summed E-state index contributed by atoms with van der Waals surface area (Å²) in [6.07, 6.45) is 1.67. The third-order valence-electron chi connectivity index (χ3n) is 3.99. The Morgan fingerprint density at radius 2 is 2.14 bits per heavy atom. The van der Waals surface area contributed by atoms with Gasteiger partial charge < -0.3 is 9.64 Å². The van der Waals surface area contributed by atoms with E-state index in [-0.39, 0.29) is 18.1 Å². The van der Waals surface area contributed by atoms with E-state index < -0.39 is 0 Å². The SMILES string of the molecule is O=C(C1CO1)N1CCCC1c1nc(-c2ccccc2)n[nH]1. The summed E-state index contributed by atoms with van der Waals surface area (Å²) in [5.41, 5.74) is 0.974. The van der Waals surface area contributed by atoms with Crippen molar-refractivity contribution in [3.8, 4) is 11.4 Å². The number of H-pyrrole nitrogens is 1. The molecule has 2 aliphatic rings. The van der Waals surface area contributed by atoms with Gasteiger partial charge in [0.15, 0.2) is 11.9 Å². The molecule has 4 rings (SSSR count). The lowest BCUT2D eigenvalue weighted by atomic mass is 10.2. The van der Waals surface area contributed by atoms with Crippen molar-refractivity contribution >= 4 is 5.91 Å². The lowest BCUT2D eigenvalue weighted by Gasteiger charge is -2.21. The van der Waals surface area contributed by atoms with Gasteiger partial charge >= 0.3 is 0 Å². The number of nitrogens with one attached hydrogen (secondary N) is 1. The van der Waals surface area contributed by atoms with Gasteiger partial charge in [-0.2, -0.15) is 5.10 Å². The van der Waals surface area contributed by atoms with Crippen LogP contribution in [0, 0.1) is 0 Å². The van der Waals surface area contributed by atoms with Crippen molar-refractivity contribution in [3.63, 3.8) is 0 Å². The second-order valence-electron chi connectivity index (χ2n) is 5.42. The van der Waals surface area contributed by atoms with E-state index in [2.05, 4.69) is 15.2 Å². The number of amides is 1. The molecule has 2 aromatic rings. The molecule has 2 saturated heterocycles. The standard InChI is InChI=1S/C15H16N4O2/c20-15(12-9-21-12)19-8-4-7-11(19)14-16-13(17-18-14)10-5-2-1-3-6-10/h1-3,5-6,11-12H,4,7-9H2,(H,16,17,18). The van der Waals surface area contributed by atoms with E-state index in [1.54, 1.807) is 0 Å². The highest BCUT2D eigenvalue weighted by Gasteiger charge is 2.41. The molecule has 2 fully saturated rings. The fourth-order valence-electron chi connectivity index (χ4n) is 2.83. The van der Waals surface area contributed by atoms with E-state index in [4.69, 9.17) is 4.74 Å². The van der Waals surface area contributed by atoms with E-state index in [9.17, 15) is 4.79 Å². The van der Waals surface area contributed by atoms with Crippen LogP contribution >= 0.6 is 0 Å². The first-order valence-corrected chi connectivity index (χ1v) is 7.23. The van der Waals surface area contributed by atoms with Crippen LogP contribution in [0.5, 0.6) is 0 Å². The molecule has 0 bridgehead atoms. The number of nitrogens with zero attached hydrogens (tertiary/aromatic N) is 3. The molecular formula is C15H16N4O2. The van der Waals surface area contributed by atoms with Gasteiger partial charge in [-0.15, -0.1) is 0 Å². The summed E-state index contributed by atoms with van der Waals surface area (Å²) < 4.78 is 5.10. The Morgan fingerprint density at radius 1 is 1.33 bits per heavy atom. The van der Waals surface area contributed by atoms with Crippen molar-refractivity contribution in [2.75, 3.05) is 13.2 Å². The van der Waals surface area contributed by atoms with Crippen LogP contribution in [0.3, 0.4) is 0 Å². The van der Waals surface area contributed by atoms with Crippen LogP contribution in [-0.2, 0) is 9.53 Å². The van der Waals surface area contributed by atoms with Crippen LogP contribution in [0.25, 0.3) is 11.4 Å². The van der Waals surface area contributed by atoms with Gasteiger partial charge in [-0.3, -0.25) is 9.89 Å². The number of aromatic amines is 1. The largest absolute Gasteiger partial charge is 0.363 e. The minimum atomic E-state index is -0.234. The predicted octanol–water partition coefficient (Wildman–Crippen LogP) is 1.53. The fraction of sp³-hybridized carbons (Fsp3) is 0.400. The molecule has 1 amide bonds. The summed E-state index contributed by atoms with van der Waals surface area (Å²) in [4.78, 5) is 18.6. The first kappa shape index (κ1) is 12.5.